The van der Waals surface area contributed by atoms with Gasteiger partial charge in [0.05, 0.1) is 18.5 Å². The van der Waals surface area contributed by atoms with Gasteiger partial charge in [0.15, 0.2) is 5.76 Å². The van der Waals surface area contributed by atoms with Gasteiger partial charge in [-0.2, -0.15) is 0 Å². The molecule has 0 aromatic carbocycles. The summed E-state index contributed by atoms with van der Waals surface area (Å²) < 4.78 is 5.17. The van der Waals surface area contributed by atoms with E-state index in [0.717, 1.165) is 30.2 Å². The van der Waals surface area contributed by atoms with Gasteiger partial charge in [-0.25, -0.2) is 0 Å². The fraction of sp³-hybridized carbons (Fsp3) is 0.600. The van der Waals surface area contributed by atoms with Crippen molar-refractivity contribution in [3.63, 3.8) is 0 Å². The summed E-state index contributed by atoms with van der Waals surface area (Å²) in [7, 11) is 7.81. The molecule has 0 unspecified atom stereocenters. The second-order valence-corrected chi connectivity index (χ2v) is 3.74. The SMILES string of the molecule is COC1=C(N(C)CCN(C)C)C=C1N. The van der Waals surface area contributed by atoms with Crippen LogP contribution in [0.25, 0.3) is 0 Å². The summed E-state index contributed by atoms with van der Waals surface area (Å²) >= 11 is 0. The molecule has 0 atom stereocenters. The number of nitrogens with zero attached hydrogens (tertiary/aromatic N) is 2. The number of hydrogen-bond donors (Lipinski definition) is 1. The lowest BCUT2D eigenvalue weighted by atomic mass is 10.1. The van der Waals surface area contributed by atoms with Crippen molar-refractivity contribution in [1.82, 2.24) is 9.80 Å². The fourth-order valence-electron chi connectivity index (χ4n) is 1.32. The lowest BCUT2D eigenvalue weighted by Crippen LogP contribution is -2.32. The van der Waals surface area contributed by atoms with Crippen LogP contribution in [-0.2, 0) is 4.74 Å². The molecule has 1 aliphatic carbocycles. The molecule has 0 spiro atoms. The Morgan fingerprint density at radius 2 is 1.93 bits per heavy atom. The monoisotopic (exact) mass is 197 g/mol. The zero-order chi connectivity index (χ0) is 10.7. The van der Waals surface area contributed by atoms with Crippen LogP contribution in [0.3, 0.4) is 0 Å². The molecule has 0 bridgehead atoms. The van der Waals surface area contributed by atoms with Gasteiger partial charge < -0.3 is 20.3 Å². The van der Waals surface area contributed by atoms with Crippen LogP contribution in [0, 0.1) is 0 Å². The fourth-order valence-corrected chi connectivity index (χ4v) is 1.32. The summed E-state index contributed by atoms with van der Waals surface area (Å²) in [6.45, 7) is 1.99. The molecule has 0 amide bonds. The standard InChI is InChI=1S/C10H19N3O/c1-12(2)5-6-13(3)9-7-8(11)10(9)14-4/h7H,5-6,11H2,1-4H3. The van der Waals surface area contributed by atoms with E-state index in [4.69, 9.17) is 10.5 Å². The average Bonchev–Trinajstić information content (AvgIpc) is 2.10. The minimum atomic E-state index is 0.735. The van der Waals surface area contributed by atoms with Crippen LogP contribution >= 0.6 is 0 Å². The zero-order valence-electron chi connectivity index (χ0n) is 9.37. The Balaban J connectivity index is 2.46. The molecule has 0 heterocycles. The number of ether oxygens (including phenoxy) is 1. The highest BCUT2D eigenvalue weighted by molar-refractivity contribution is 5.46. The van der Waals surface area contributed by atoms with E-state index in [0.29, 0.717) is 0 Å². The first-order valence-corrected chi connectivity index (χ1v) is 4.68. The normalized spacial score (nSPS) is 15.4. The van der Waals surface area contributed by atoms with Gasteiger partial charge >= 0.3 is 0 Å². The first-order valence-electron chi connectivity index (χ1n) is 4.68. The first-order chi connectivity index (χ1) is 6.56. The van der Waals surface area contributed by atoms with Crippen molar-refractivity contribution in [3.8, 4) is 0 Å². The maximum atomic E-state index is 5.66. The maximum Gasteiger partial charge on any atom is 0.165 e. The number of likely N-dealkylation sites (N-methyl/N-ethyl adjacent to an activating group) is 2. The molecule has 1 rings (SSSR count). The predicted molar refractivity (Wildman–Crippen MR) is 57.5 cm³/mol. The smallest absolute Gasteiger partial charge is 0.165 e. The second kappa shape index (κ2) is 4.37. The van der Waals surface area contributed by atoms with E-state index >= 15 is 0 Å². The zero-order valence-corrected chi connectivity index (χ0v) is 9.37. The maximum absolute atomic E-state index is 5.66. The molecule has 4 heteroatoms. The lowest BCUT2D eigenvalue weighted by Gasteiger charge is -2.29. The minimum Gasteiger partial charge on any atom is -0.492 e. The molecule has 0 saturated carbocycles. The molecule has 0 aromatic rings. The number of methoxy groups -OCH3 is 1. The van der Waals surface area contributed by atoms with Gasteiger partial charge in [0.2, 0.25) is 0 Å². The molecule has 2 N–H and O–H groups in total. The predicted octanol–water partition coefficient (Wildman–Crippen LogP) is 0.194. The molecule has 4 nitrogen and oxygen atoms in total. The van der Waals surface area contributed by atoms with E-state index < -0.39 is 0 Å². The van der Waals surface area contributed by atoms with Crippen LogP contribution < -0.4 is 5.73 Å². The largest absolute Gasteiger partial charge is 0.492 e. The van der Waals surface area contributed by atoms with Gasteiger partial charge in [0.25, 0.3) is 0 Å². The highest BCUT2D eigenvalue weighted by atomic mass is 16.5. The molecule has 0 fully saturated rings. The summed E-state index contributed by atoms with van der Waals surface area (Å²) in [5.41, 5.74) is 7.48. The highest BCUT2D eigenvalue weighted by Crippen LogP contribution is 2.25. The number of nitrogens with two attached hydrogens (primary N) is 1. The molecular weight excluding hydrogens is 178 g/mol. The molecule has 14 heavy (non-hydrogen) atoms. The van der Waals surface area contributed by atoms with Crippen LogP contribution in [-0.4, -0.2) is 51.1 Å². The topological polar surface area (TPSA) is 41.7 Å². The van der Waals surface area contributed by atoms with Crippen LogP contribution in [0.5, 0.6) is 0 Å². The summed E-state index contributed by atoms with van der Waals surface area (Å²) in [6.07, 6.45) is 1.94. The van der Waals surface area contributed by atoms with Gasteiger partial charge in [-0.05, 0) is 20.2 Å². The first kappa shape index (κ1) is 10.9. The van der Waals surface area contributed by atoms with E-state index in [1.165, 1.54) is 0 Å². The number of rotatable bonds is 5. The Hall–Kier alpha value is -1.16. The third-order valence-corrected chi connectivity index (χ3v) is 2.29. The van der Waals surface area contributed by atoms with E-state index in [1.54, 1.807) is 7.11 Å². The van der Waals surface area contributed by atoms with E-state index in [9.17, 15) is 0 Å². The molecular formula is C10H19N3O. The van der Waals surface area contributed by atoms with Crippen LogP contribution in [0.4, 0.5) is 0 Å². The molecule has 0 aromatic heterocycles. The molecule has 0 radical (unpaired) electrons. The Kier molecular flexibility index (Phi) is 3.41. The molecule has 0 aliphatic heterocycles. The number of allylic oxidation sites excluding steroid dienone is 1. The van der Waals surface area contributed by atoms with Crippen LogP contribution in [0.1, 0.15) is 0 Å². The summed E-state index contributed by atoms with van der Waals surface area (Å²) in [6, 6.07) is 0. The Labute approximate surface area is 85.6 Å². The van der Waals surface area contributed by atoms with Gasteiger partial charge in [-0.15, -0.1) is 0 Å². The van der Waals surface area contributed by atoms with Crippen LogP contribution in [0.15, 0.2) is 23.2 Å². The average molecular weight is 197 g/mol. The van der Waals surface area contributed by atoms with Crippen molar-refractivity contribution < 1.29 is 4.74 Å². The lowest BCUT2D eigenvalue weighted by molar-refractivity contribution is 0.259. The van der Waals surface area contributed by atoms with Gasteiger partial charge in [-0.3, -0.25) is 0 Å². The van der Waals surface area contributed by atoms with Gasteiger partial charge in [0, 0.05) is 20.1 Å². The van der Waals surface area contributed by atoms with Crippen molar-refractivity contribution in [2.45, 2.75) is 0 Å². The highest BCUT2D eigenvalue weighted by Gasteiger charge is 2.21. The minimum absolute atomic E-state index is 0.735. The molecule has 80 valence electrons. The van der Waals surface area contributed by atoms with E-state index in [1.807, 2.05) is 13.1 Å². The van der Waals surface area contributed by atoms with Crippen LogP contribution in [0.2, 0.25) is 0 Å². The molecule has 1 aliphatic rings. The van der Waals surface area contributed by atoms with Crippen molar-refractivity contribution in [1.29, 1.82) is 0 Å². The Morgan fingerprint density at radius 1 is 1.29 bits per heavy atom. The Morgan fingerprint density at radius 3 is 2.36 bits per heavy atom. The van der Waals surface area contributed by atoms with E-state index in [2.05, 4.69) is 23.9 Å². The second-order valence-electron chi connectivity index (χ2n) is 3.74. The van der Waals surface area contributed by atoms with Crippen molar-refractivity contribution >= 4 is 0 Å². The van der Waals surface area contributed by atoms with Crippen molar-refractivity contribution in [3.05, 3.63) is 23.2 Å². The van der Waals surface area contributed by atoms with Crippen molar-refractivity contribution in [2.24, 2.45) is 5.73 Å². The summed E-state index contributed by atoms with van der Waals surface area (Å²) in [5, 5.41) is 0. The molecule has 0 saturated heterocycles. The van der Waals surface area contributed by atoms with Crippen molar-refractivity contribution in [2.75, 3.05) is 41.3 Å². The van der Waals surface area contributed by atoms with E-state index in [-0.39, 0.29) is 0 Å². The Bertz CT molecular complexity index is 269. The van der Waals surface area contributed by atoms with Gasteiger partial charge in [-0.1, -0.05) is 0 Å². The third-order valence-electron chi connectivity index (χ3n) is 2.29. The summed E-state index contributed by atoms with van der Waals surface area (Å²) in [4.78, 5) is 4.30. The number of hydrogen-bond acceptors (Lipinski definition) is 4. The quantitative estimate of drug-likeness (QED) is 0.683. The van der Waals surface area contributed by atoms with Gasteiger partial charge in [0.1, 0.15) is 0 Å². The summed E-state index contributed by atoms with van der Waals surface area (Å²) in [5.74, 6) is 0.811. The third kappa shape index (κ3) is 2.20.